The van der Waals surface area contributed by atoms with Crippen LogP contribution in [0.1, 0.15) is 194 Å². The standard InChI is InChI=1S/C36H76NO4P/c1-6-8-10-12-14-16-18-20-22-24-26-28-30-32-35(36(34-37(3,4)5)41-42(38,39)40)33-31-29-27-25-23-21-19-17-15-13-11-9-7-2/h35-36H,6-34H2,1-5H3,(H-,38,39,40)/p+1. The van der Waals surface area contributed by atoms with Crippen LogP contribution >= 0.6 is 7.82 Å². The van der Waals surface area contributed by atoms with Crippen LogP contribution in [-0.4, -0.2) is 48.1 Å². The monoisotopic (exact) mass is 619 g/mol. The average Bonchev–Trinajstić information content (AvgIpc) is 2.90. The van der Waals surface area contributed by atoms with Crippen molar-refractivity contribution in [2.24, 2.45) is 5.92 Å². The molecule has 0 saturated carbocycles. The van der Waals surface area contributed by atoms with Gasteiger partial charge in [-0.1, -0.05) is 181 Å². The summed E-state index contributed by atoms with van der Waals surface area (Å²) in [4.78, 5) is 19.4. The first-order valence-corrected chi connectivity index (χ1v) is 20.2. The molecule has 0 spiro atoms. The lowest BCUT2D eigenvalue weighted by Crippen LogP contribution is -2.45. The SMILES string of the molecule is CCCCCCCCCCCCCCCC(CCCCCCCCCCCCCCC)C(C[N+](C)(C)C)OP(=O)(O)O. The van der Waals surface area contributed by atoms with Gasteiger partial charge in [-0.2, -0.15) is 0 Å². The summed E-state index contributed by atoms with van der Waals surface area (Å²) in [6.07, 6.45) is 36.5. The summed E-state index contributed by atoms with van der Waals surface area (Å²) >= 11 is 0. The molecule has 0 aliphatic heterocycles. The number of phosphoric acid groups is 1. The van der Waals surface area contributed by atoms with E-state index in [1.807, 2.05) is 0 Å². The minimum absolute atomic E-state index is 0.218. The van der Waals surface area contributed by atoms with E-state index in [1.165, 1.54) is 154 Å². The van der Waals surface area contributed by atoms with E-state index in [-0.39, 0.29) is 12.0 Å². The maximum atomic E-state index is 11.9. The van der Waals surface area contributed by atoms with Crippen molar-refractivity contribution >= 4 is 7.82 Å². The molecule has 5 nitrogen and oxygen atoms in total. The van der Waals surface area contributed by atoms with Gasteiger partial charge in [0, 0.05) is 0 Å². The fourth-order valence-corrected chi connectivity index (χ4v) is 6.94. The average molecular weight is 619 g/mol. The minimum atomic E-state index is -4.52. The van der Waals surface area contributed by atoms with Gasteiger partial charge in [0.05, 0.1) is 21.1 Å². The van der Waals surface area contributed by atoms with Gasteiger partial charge in [-0.3, -0.25) is 4.52 Å². The van der Waals surface area contributed by atoms with Crippen molar-refractivity contribution in [3.8, 4) is 0 Å². The van der Waals surface area contributed by atoms with E-state index in [0.717, 1.165) is 25.7 Å². The molecule has 42 heavy (non-hydrogen) atoms. The Balaban J connectivity index is 4.35. The first-order valence-electron chi connectivity index (χ1n) is 18.6. The van der Waals surface area contributed by atoms with Crippen molar-refractivity contribution in [3.05, 3.63) is 0 Å². The highest BCUT2D eigenvalue weighted by Crippen LogP contribution is 2.41. The van der Waals surface area contributed by atoms with Crippen LogP contribution in [0.4, 0.5) is 0 Å². The predicted octanol–water partition coefficient (Wildman–Crippen LogP) is 11.7. The number of nitrogens with zero attached hydrogens (tertiary/aromatic N) is 1. The lowest BCUT2D eigenvalue weighted by Gasteiger charge is -2.33. The third kappa shape index (κ3) is 31.5. The first-order chi connectivity index (χ1) is 20.1. The maximum Gasteiger partial charge on any atom is 0.470 e. The number of rotatable bonds is 33. The van der Waals surface area contributed by atoms with Gasteiger partial charge in [0.25, 0.3) is 0 Å². The second-order valence-corrected chi connectivity index (χ2v) is 15.6. The van der Waals surface area contributed by atoms with Gasteiger partial charge in [-0.15, -0.1) is 0 Å². The third-order valence-electron chi connectivity index (χ3n) is 8.88. The third-order valence-corrected chi connectivity index (χ3v) is 9.43. The van der Waals surface area contributed by atoms with E-state index in [2.05, 4.69) is 35.0 Å². The highest BCUT2D eigenvalue weighted by molar-refractivity contribution is 7.46. The van der Waals surface area contributed by atoms with E-state index < -0.39 is 7.82 Å². The topological polar surface area (TPSA) is 66.8 Å². The van der Waals surface area contributed by atoms with Crippen molar-refractivity contribution < 1.29 is 23.4 Å². The molecule has 0 heterocycles. The van der Waals surface area contributed by atoms with Crippen LogP contribution in [0.5, 0.6) is 0 Å². The van der Waals surface area contributed by atoms with Crippen LogP contribution in [0.2, 0.25) is 0 Å². The first kappa shape index (κ1) is 42.1. The Hall–Kier alpha value is 0.0700. The Morgan fingerprint density at radius 1 is 0.500 bits per heavy atom. The van der Waals surface area contributed by atoms with Crippen LogP contribution < -0.4 is 0 Å². The Kier molecular flexibility index (Phi) is 28.6. The molecule has 0 amide bonds. The summed E-state index contributed by atoms with van der Waals surface area (Å²) in [5.41, 5.74) is 0. The fraction of sp³-hybridized carbons (Fsp3) is 1.00. The molecular formula is C36H77NO4P+. The van der Waals surface area contributed by atoms with E-state index in [9.17, 15) is 14.4 Å². The van der Waals surface area contributed by atoms with Gasteiger partial charge in [-0.05, 0) is 18.8 Å². The Morgan fingerprint density at radius 3 is 1.00 bits per heavy atom. The zero-order valence-corrected chi connectivity index (χ0v) is 30.2. The molecule has 0 aliphatic carbocycles. The number of quaternary nitrogens is 1. The molecule has 254 valence electrons. The largest absolute Gasteiger partial charge is 0.470 e. The van der Waals surface area contributed by atoms with Crippen molar-refractivity contribution in [1.29, 1.82) is 0 Å². The molecule has 0 saturated heterocycles. The van der Waals surface area contributed by atoms with Gasteiger partial charge in [0.1, 0.15) is 12.6 Å². The molecule has 2 N–H and O–H groups in total. The molecule has 0 aromatic heterocycles. The molecule has 0 rings (SSSR count). The van der Waals surface area contributed by atoms with E-state index in [1.54, 1.807) is 0 Å². The number of phosphoric ester groups is 1. The molecular weight excluding hydrogens is 541 g/mol. The highest BCUT2D eigenvalue weighted by atomic mass is 31.2. The molecule has 0 radical (unpaired) electrons. The number of hydrogen-bond acceptors (Lipinski definition) is 2. The Bertz CT molecular complexity index is 574. The molecule has 0 aromatic rings. The van der Waals surface area contributed by atoms with E-state index >= 15 is 0 Å². The van der Waals surface area contributed by atoms with E-state index in [0.29, 0.717) is 11.0 Å². The molecule has 1 atom stereocenters. The maximum absolute atomic E-state index is 11.9. The Morgan fingerprint density at radius 2 is 0.762 bits per heavy atom. The van der Waals surface area contributed by atoms with Crippen LogP contribution in [0, 0.1) is 5.92 Å². The molecule has 0 bridgehead atoms. The van der Waals surface area contributed by atoms with Crippen LogP contribution in [0.15, 0.2) is 0 Å². The Labute approximate surface area is 264 Å². The highest BCUT2D eigenvalue weighted by Gasteiger charge is 2.33. The second-order valence-electron chi connectivity index (χ2n) is 14.4. The lowest BCUT2D eigenvalue weighted by atomic mass is 9.89. The number of unbranched alkanes of at least 4 members (excludes halogenated alkanes) is 24. The number of likely N-dealkylation sites (N-methyl/N-ethyl adjacent to an activating group) is 1. The van der Waals surface area contributed by atoms with Gasteiger partial charge < -0.3 is 14.3 Å². The summed E-state index contributed by atoms with van der Waals surface area (Å²) in [7, 11) is 1.75. The molecule has 0 aliphatic rings. The molecule has 1 unspecified atom stereocenters. The van der Waals surface area contributed by atoms with Gasteiger partial charge in [0.2, 0.25) is 0 Å². The van der Waals surface area contributed by atoms with Crippen molar-refractivity contribution in [2.45, 2.75) is 200 Å². The van der Waals surface area contributed by atoms with Crippen molar-refractivity contribution in [2.75, 3.05) is 27.7 Å². The van der Waals surface area contributed by atoms with E-state index in [4.69, 9.17) is 4.52 Å². The molecule has 0 aromatic carbocycles. The zero-order chi connectivity index (χ0) is 31.4. The summed E-state index contributed by atoms with van der Waals surface area (Å²) in [6, 6.07) is 0. The number of hydrogen-bond donors (Lipinski definition) is 2. The normalized spacial score (nSPS) is 13.3. The van der Waals surface area contributed by atoms with Gasteiger partial charge >= 0.3 is 7.82 Å². The zero-order valence-electron chi connectivity index (χ0n) is 29.3. The van der Waals surface area contributed by atoms with Crippen LogP contribution in [-0.2, 0) is 9.09 Å². The van der Waals surface area contributed by atoms with Gasteiger partial charge in [0.15, 0.2) is 0 Å². The van der Waals surface area contributed by atoms with Crippen molar-refractivity contribution in [3.63, 3.8) is 0 Å². The smallest absolute Gasteiger partial charge is 0.329 e. The van der Waals surface area contributed by atoms with Crippen molar-refractivity contribution in [1.82, 2.24) is 0 Å². The van der Waals surface area contributed by atoms with Gasteiger partial charge in [-0.25, -0.2) is 4.57 Å². The quantitative estimate of drug-likeness (QED) is 0.0436. The lowest BCUT2D eigenvalue weighted by molar-refractivity contribution is -0.873. The summed E-state index contributed by atoms with van der Waals surface area (Å²) in [5.74, 6) is 0.218. The predicted molar refractivity (Wildman–Crippen MR) is 184 cm³/mol. The molecule has 0 fully saturated rings. The molecule has 6 heteroatoms. The van der Waals surface area contributed by atoms with Crippen LogP contribution in [0.3, 0.4) is 0 Å². The summed E-state index contributed by atoms with van der Waals surface area (Å²) < 4.78 is 18.0. The summed E-state index contributed by atoms with van der Waals surface area (Å²) in [5, 5.41) is 0. The summed E-state index contributed by atoms with van der Waals surface area (Å²) in [6.45, 7) is 5.19. The fourth-order valence-electron chi connectivity index (χ4n) is 6.35. The second kappa shape index (κ2) is 28.5. The van der Waals surface area contributed by atoms with Crippen LogP contribution in [0.25, 0.3) is 0 Å². The minimum Gasteiger partial charge on any atom is -0.329 e.